The summed E-state index contributed by atoms with van der Waals surface area (Å²) in [6.07, 6.45) is 3.56. The van der Waals surface area contributed by atoms with Gasteiger partial charge in [0, 0.05) is 31.2 Å². The van der Waals surface area contributed by atoms with Crippen molar-refractivity contribution >= 4 is 24.0 Å². The molecular formula is C23H26ClN3O3. The number of anilines is 1. The van der Waals surface area contributed by atoms with Gasteiger partial charge in [-0.05, 0) is 54.4 Å². The molecule has 2 N–H and O–H groups in total. The highest BCUT2D eigenvalue weighted by Gasteiger charge is 2.09. The van der Waals surface area contributed by atoms with Crippen molar-refractivity contribution in [2.45, 2.75) is 20.0 Å². The number of hydrogen-bond donors (Lipinski definition) is 2. The van der Waals surface area contributed by atoms with Crippen molar-refractivity contribution in [1.29, 1.82) is 0 Å². The Labute approximate surface area is 183 Å². The van der Waals surface area contributed by atoms with E-state index in [9.17, 15) is 4.79 Å². The molecule has 0 radical (unpaired) electrons. The van der Waals surface area contributed by atoms with Crippen LogP contribution in [0.1, 0.15) is 16.7 Å². The molecule has 0 aliphatic heterocycles. The van der Waals surface area contributed by atoms with Gasteiger partial charge in [0.15, 0.2) is 18.1 Å². The smallest absolute Gasteiger partial charge is 0.262 e. The van der Waals surface area contributed by atoms with Crippen LogP contribution in [0.5, 0.6) is 11.5 Å². The summed E-state index contributed by atoms with van der Waals surface area (Å²) in [5.41, 5.74) is 4.12. The van der Waals surface area contributed by atoms with Gasteiger partial charge in [-0.25, -0.2) is 0 Å². The quantitative estimate of drug-likeness (QED) is 0.537. The van der Waals surface area contributed by atoms with E-state index in [1.165, 1.54) is 5.56 Å². The maximum atomic E-state index is 12.1. The molecule has 0 bridgehead atoms. The monoisotopic (exact) mass is 427 g/mol. The zero-order chi connectivity index (χ0) is 20.5. The van der Waals surface area contributed by atoms with E-state index in [0.717, 1.165) is 23.4 Å². The van der Waals surface area contributed by atoms with Gasteiger partial charge in [0.1, 0.15) is 0 Å². The highest BCUT2D eigenvalue weighted by Crippen LogP contribution is 2.28. The van der Waals surface area contributed by atoms with Crippen LogP contribution in [0.15, 0.2) is 67.0 Å². The summed E-state index contributed by atoms with van der Waals surface area (Å²) in [7, 11) is 1.59. The first-order chi connectivity index (χ1) is 14.1. The van der Waals surface area contributed by atoms with Crippen LogP contribution in [0.4, 0.5) is 5.69 Å². The lowest BCUT2D eigenvalue weighted by Crippen LogP contribution is -2.20. The largest absolute Gasteiger partial charge is 0.493 e. The summed E-state index contributed by atoms with van der Waals surface area (Å²) in [5, 5.41) is 6.19. The third kappa shape index (κ3) is 7.06. The van der Waals surface area contributed by atoms with Gasteiger partial charge >= 0.3 is 0 Å². The van der Waals surface area contributed by atoms with Crippen molar-refractivity contribution in [2.24, 2.45) is 0 Å². The van der Waals surface area contributed by atoms with E-state index in [-0.39, 0.29) is 24.9 Å². The molecule has 158 valence electrons. The fourth-order valence-electron chi connectivity index (χ4n) is 2.77. The molecule has 0 spiro atoms. The highest BCUT2D eigenvalue weighted by atomic mass is 35.5. The van der Waals surface area contributed by atoms with Crippen molar-refractivity contribution in [3.8, 4) is 11.5 Å². The molecule has 3 aromatic rings. The second-order valence-corrected chi connectivity index (χ2v) is 6.65. The van der Waals surface area contributed by atoms with E-state index in [1.807, 2.05) is 61.5 Å². The molecular weight excluding hydrogens is 402 g/mol. The molecule has 3 rings (SSSR count). The van der Waals surface area contributed by atoms with E-state index >= 15 is 0 Å². The van der Waals surface area contributed by atoms with Gasteiger partial charge in [0.2, 0.25) is 0 Å². The number of nitrogens with one attached hydrogen (secondary N) is 2. The molecule has 0 fully saturated rings. The fraction of sp³-hybridized carbons (Fsp3) is 0.217. The lowest BCUT2D eigenvalue weighted by atomic mass is 10.2. The zero-order valence-corrected chi connectivity index (χ0v) is 17.9. The average Bonchev–Trinajstić information content (AvgIpc) is 2.75. The molecule has 0 aliphatic rings. The van der Waals surface area contributed by atoms with Crippen molar-refractivity contribution < 1.29 is 14.3 Å². The first kappa shape index (κ1) is 23.2. The minimum Gasteiger partial charge on any atom is -0.493 e. The Morgan fingerprint density at radius 2 is 1.63 bits per heavy atom. The van der Waals surface area contributed by atoms with Crippen molar-refractivity contribution in [3.05, 3.63) is 83.7 Å². The van der Waals surface area contributed by atoms with Gasteiger partial charge in [0.05, 0.1) is 7.11 Å². The minimum absolute atomic E-state index is 0. The van der Waals surface area contributed by atoms with Gasteiger partial charge in [-0.15, -0.1) is 12.4 Å². The van der Waals surface area contributed by atoms with Crippen molar-refractivity contribution in [1.82, 2.24) is 10.3 Å². The summed E-state index contributed by atoms with van der Waals surface area (Å²) in [5.74, 6) is 0.903. The molecule has 0 saturated heterocycles. The number of methoxy groups -OCH3 is 1. The maximum Gasteiger partial charge on any atom is 0.262 e. The van der Waals surface area contributed by atoms with Crippen LogP contribution in [-0.4, -0.2) is 24.6 Å². The lowest BCUT2D eigenvalue weighted by Gasteiger charge is -2.13. The van der Waals surface area contributed by atoms with Crippen LogP contribution in [0.2, 0.25) is 0 Å². The summed E-state index contributed by atoms with van der Waals surface area (Å²) >= 11 is 0. The third-order valence-corrected chi connectivity index (χ3v) is 4.33. The van der Waals surface area contributed by atoms with Crippen LogP contribution in [0.25, 0.3) is 0 Å². The first-order valence-electron chi connectivity index (χ1n) is 9.40. The van der Waals surface area contributed by atoms with E-state index < -0.39 is 0 Å². The number of hydrogen-bond acceptors (Lipinski definition) is 5. The summed E-state index contributed by atoms with van der Waals surface area (Å²) < 4.78 is 11.1. The number of ether oxygens (including phenoxy) is 2. The Morgan fingerprint density at radius 3 is 2.33 bits per heavy atom. The molecule has 30 heavy (non-hydrogen) atoms. The molecule has 2 aromatic carbocycles. The van der Waals surface area contributed by atoms with Crippen LogP contribution in [0, 0.1) is 6.92 Å². The predicted molar refractivity (Wildman–Crippen MR) is 120 cm³/mol. The number of amides is 1. The van der Waals surface area contributed by atoms with Crippen molar-refractivity contribution in [3.63, 3.8) is 0 Å². The topological polar surface area (TPSA) is 72.5 Å². The molecule has 0 atom stereocenters. The Bertz CT molecular complexity index is 934. The van der Waals surface area contributed by atoms with Crippen LogP contribution in [0.3, 0.4) is 0 Å². The van der Waals surface area contributed by atoms with Crippen molar-refractivity contribution in [2.75, 3.05) is 19.0 Å². The zero-order valence-electron chi connectivity index (χ0n) is 17.1. The molecule has 1 amide bonds. The normalized spacial score (nSPS) is 10.1. The molecule has 1 heterocycles. The number of aromatic nitrogens is 1. The maximum absolute atomic E-state index is 12.1. The van der Waals surface area contributed by atoms with Gasteiger partial charge < -0.3 is 20.1 Å². The molecule has 0 unspecified atom stereocenters. The number of aryl methyl sites for hydroxylation is 1. The second-order valence-electron chi connectivity index (χ2n) is 6.65. The summed E-state index contributed by atoms with van der Waals surface area (Å²) in [4.78, 5) is 16.1. The van der Waals surface area contributed by atoms with Crippen LogP contribution < -0.4 is 20.1 Å². The Hall–Kier alpha value is -3.09. The predicted octanol–water partition coefficient (Wildman–Crippen LogP) is 4.13. The molecule has 1 aromatic heterocycles. The van der Waals surface area contributed by atoms with Crippen LogP contribution in [-0.2, 0) is 17.9 Å². The fourth-order valence-corrected chi connectivity index (χ4v) is 2.77. The number of carbonyl (C=O) groups is 1. The molecule has 0 saturated carbocycles. The number of benzene rings is 2. The van der Waals surface area contributed by atoms with Gasteiger partial charge in [-0.3, -0.25) is 9.78 Å². The summed E-state index contributed by atoms with van der Waals surface area (Å²) in [6, 6.07) is 17.3. The third-order valence-electron chi connectivity index (χ3n) is 4.33. The van der Waals surface area contributed by atoms with Gasteiger partial charge in [-0.2, -0.15) is 0 Å². The van der Waals surface area contributed by atoms with Crippen LogP contribution >= 0.6 is 12.4 Å². The second kappa shape index (κ2) is 11.8. The van der Waals surface area contributed by atoms with E-state index in [0.29, 0.717) is 18.0 Å². The highest BCUT2D eigenvalue weighted by molar-refractivity contribution is 5.91. The Morgan fingerprint density at radius 1 is 0.933 bits per heavy atom. The number of halogens is 1. The Kier molecular flexibility index (Phi) is 9.12. The van der Waals surface area contributed by atoms with Gasteiger partial charge in [0.25, 0.3) is 5.91 Å². The molecule has 6 nitrogen and oxygen atoms in total. The number of pyridine rings is 1. The molecule has 7 heteroatoms. The first-order valence-corrected chi connectivity index (χ1v) is 9.40. The van der Waals surface area contributed by atoms with E-state index in [2.05, 4.69) is 15.6 Å². The van der Waals surface area contributed by atoms with Gasteiger partial charge in [-0.1, -0.05) is 23.8 Å². The average molecular weight is 428 g/mol. The van der Waals surface area contributed by atoms with E-state index in [1.54, 1.807) is 19.5 Å². The SMILES string of the molecule is COc1cc(CNCc2ccncc2)ccc1OCC(=O)Nc1ccc(C)cc1.Cl. The standard InChI is InChI=1S/C23H25N3O3.ClH/c1-17-3-6-20(7-4-17)26-23(27)16-29-21-8-5-19(13-22(21)28-2)15-25-14-18-9-11-24-12-10-18;/h3-13,25H,14-16H2,1-2H3,(H,26,27);1H. The number of carbonyl (C=O) groups excluding carboxylic acids is 1. The summed E-state index contributed by atoms with van der Waals surface area (Å²) in [6.45, 7) is 3.35. The molecule has 0 aliphatic carbocycles. The minimum atomic E-state index is -0.223. The Balaban J connectivity index is 0.00000320. The number of rotatable bonds is 9. The lowest BCUT2D eigenvalue weighted by molar-refractivity contribution is -0.118. The van der Waals surface area contributed by atoms with E-state index in [4.69, 9.17) is 9.47 Å². The number of nitrogens with zero attached hydrogens (tertiary/aromatic N) is 1.